The summed E-state index contributed by atoms with van der Waals surface area (Å²) in [4.78, 5) is 33.6. The van der Waals surface area contributed by atoms with Gasteiger partial charge in [-0.15, -0.1) is 0 Å². The average molecular weight is 288 g/mol. The van der Waals surface area contributed by atoms with Crippen molar-refractivity contribution >= 4 is 17.9 Å². The van der Waals surface area contributed by atoms with Crippen LogP contribution in [-0.4, -0.2) is 48.4 Å². The van der Waals surface area contributed by atoms with Gasteiger partial charge < -0.3 is 18.9 Å². The molecule has 5 atom stereocenters. The summed E-state index contributed by atoms with van der Waals surface area (Å²) in [6, 6.07) is 0. The second-order valence-corrected chi connectivity index (χ2v) is 4.77. The van der Waals surface area contributed by atoms with Crippen LogP contribution < -0.4 is 0 Å². The number of hydrogen-bond acceptors (Lipinski definition) is 7. The molecule has 114 valence electrons. The summed E-state index contributed by atoms with van der Waals surface area (Å²) < 4.78 is 21.1. The Morgan fingerprint density at radius 2 is 1.00 bits per heavy atom. The van der Waals surface area contributed by atoms with Gasteiger partial charge >= 0.3 is 17.9 Å². The first-order valence-corrected chi connectivity index (χ1v) is 6.39. The first-order chi connectivity index (χ1) is 9.22. The van der Waals surface area contributed by atoms with E-state index in [2.05, 4.69) is 0 Å². The Kier molecular flexibility index (Phi) is 5.50. The van der Waals surface area contributed by atoms with E-state index in [0.717, 1.165) is 0 Å². The molecule has 1 heterocycles. The molecule has 20 heavy (non-hydrogen) atoms. The normalized spacial score (nSPS) is 33.1. The Bertz CT molecular complexity index is 364. The zero-order valence-electron chi connectivity index (χ0n) is 12.2. The van der Waals surface area contributed by atoms with Gasteiger partial charge in [-0.2, -0.15) is 0 Å². The molecule has 0 N–H and O–H groups in total. The highest BCUT2D eigenvalue weighted by Crippen LogP contribution is 2.28. The molecule has 0 bridgehead atoms. The van der Waals surface area contributed by atoms with Gasteiger partial charge in [0.1, 0.15) is 0 Å². The lowest BCUT2D eigenvalue weighted by Gasteiger charge is -2.42. The number of hydrogen-bond donors (Lipinski definition) is 0. The van der Waals surface area contributed by atoms with E-state index >= 15 is 0 Å². The summed E-state index contributed by atoms with van der Waals surface area (Å²) in [5.74, 6) is -1.61. The Morgan fingerprint density at radius 3 is 1.30 bits per heavy atom. The third kappa shape index (κ3) is 4.19. The highest BCUT2D eigenvalue weighted by molar-refractivity contribution is 5.68. The second-order valence-electron chi connectivity index (χ2n) is 4.77. The maximum Gasteiger partial charge on any atom is 0.303 e. The summed E-state index contributed by atoms with van der Waals surface area (Å²) in [7, 11) is 0. The average Bonchev–Trinajstić information content (AvgIpc) is 2.27. The minimum Gasteiger partial charge on any atom is -0.456 e. The molecule has 1 fully saturated rings. The minimum absolute atomic E-state index is 0.481. The van der Waals surface area contributed by atoms with Crippen molar-refractivity contribution in [1.29, 1.82) is 0 Å². The van der Waals surface area contributed by atoms with Gasteiger partial charge in [-0.25, -0.2) is 0 Å². The molecule has 0 aliphatic carbocycles. The Balaban J connectivity index is 3.01. The van der Waals surface area contributed by atoms with Gasteiger partial charge in [-0.3, -0.25) is 14.4 Å². The number of ether oxygens (including phenoxy) is 4. The van der Waals surface area contributed by atoms with E-state index in [1.807, 2.05) is 0 Å². The Labute approximate surface area is 117 Å². The Morgan fingerprint density at radius 1 is 0.700 bits per heavy atom. The first kappa shape index (κ1) is 16.4. The molecule has 0 aromatic heterocycles. The van der Waals surface area contributed by atoms with E-state index in [9.17, 15) is 14.4 Å². The van der Waals surface area contributed by atoms with Crippen molar-refractivity contribution in [1.82, 2.24) is 0 Å². The quantitative estimate of drug-likeness (QED) is 0.554. The van der Waals surface area contributed by atoms with Crippen molar-refractivity contribution in [2.45, 2.75) is 65.1 Å². The van der Waals surface area contributed by atoms with E-state index in [1.54, 1.807) is 13.8 Å². The molecule has 1 saturated heterocycles. The maximum absolute atomic E-state index is 11.2. The van der Waals surface area contributed by atoms with Gasteiger partial charge in [0.25, 0.3) is 0 Å². The SMILES string of the molecule is CC(=O)OC1[C@@H](OC(C)=O)C(C)O[C@H](C)[C@@H]1OC(C)=O. The zero-order chi connectivity index (χ0) is 15.4. The fraction of sp³-hybridized carbons (Fsp3) is 0.769. The first-order valence-electron chi connectivity index (χ1n) is 6.39. The van der Waals surface area contributed by atoms with Crippen LogP contribution in [0, 0.1) is 0 Å². The van der Waals surface area contributed by atoms with Crippen molar-refractivity contribution in [2.75, 3.05) is 0 Å². The van der Waals surface area contributed by atoms with Crippen LogP contribution in [-0.2, 0) is 33.3 Å². The fourth-order valence-electron chi connectivity index (χ4n) is 2.25. The van der Waals surface area contributed by atoms with Crippen molar-refractivity contribution < 1.29 is 33.3 Å². The van der Waals surface area contributed by atoms with E-state index in [-0.39, 0.29) is 0 Å². The third-order valence-electron chi connectivity index (χ3n) is 2.91. The lowest BCUT2D eigenvalue weighted by molar-refractivity contribution is -0.240. The Hall–Kier alpha value is -1.63. The maximum atomic E-state index is 11.2. The van der Waals surface area contributed by atoms with Gasteiger partial charge in [0.2, 0.25) is 0 Å². The van der Waals surface area contributed by atoms with Crippen LogP contribution in [0.3, 0.4) is 0 Å². The number of rotatable bonds is 3. The molecule has 0 saturated carbocycles. The molecule has 0 spiro atoms. The molecule has 0 amide bonds. The largest absolute Gasteiger partial charge is 0.456 e. The van der Waals surface area contributed by atoms with Crippen LogP contribution in [0.4, 0.5) is 0 Å². The van der Waals surface area contributed by atoms with Crippen LogP contribution >= 0.6 is 0 Å². The van der Waals surface area contributed by atoms with Gasteiger partial charge in [0, 0.05) is 20.8 Å². The van der Waals surface area contributed by atoms with E-state index in [0.29, 0.717) is 0 Å². The molecule has 1 rings (SSSR count). The molecule has 0 radical (unpaired) electrons. The predicted octanol–water partition coefficient (Wildman–Crippen LogP) is 0.589. The molecular formula is C13H20O7. The van der Waals surface area contributed by atoms with Crippen LogP contribution in [0.15, 0.2) is 0 Å². The summed E-state index contributed by atoms with van der Waals surface area (Å²) in [5, 5.41) is 0. The molecule has 2 unspecified atom stereocenters. The van der Waals surface area contributed by atoms with Crippen LogP contribution in [0.5, 0.6) is 0 Å². The van der Waals surface area contributed by atoms with Gasteiger partial charge in [0.05, 0.1) is 12.2 Å². The standard InChI is InChI=1S/C13H20O7/c1-6-11(18-8(3)14)13(20-10(5)16)12(7(2)17-6)19-9(4)15/h6-7,11-13H,1-5H3/t6-,7?,11+,12+,13?/m1/s1. The topological polar surface area (TPSA) is 88.1 Å². The minimum atomic E-state index is -0.890. The number of esters is 3. The van der Waals surface area contributed by atoms with E-state index in [1.165, 1.54) is 20.8 Å². The van der Waals surface area contributed by atoms with Gasteiger partial charge in [-0.1, -0.05) is 0 Å². The van der Waals surface area contributed by atoms with Crippen molar-refractivity contribution in [3.05, 3.63) is 0 Å². The van der Waals surface area contributed by atoms with Crippen molar-refractivity contribution in [2.24, 2.45) is 0 Å². The third-order valence-corrected chi connectivity index (χ3v) is 2.91. The van der Waals surface area contributed by atoms with E-state index in [4.69, 9.17) is 18.9 Å². The van der Waals surface area contributed by atoms with Crippen LogP contribution in [0.1, 0.15) is 34.6 Å². The highest BCUT2D eigenvalue weighted by Gasteiger charge is 2.48. The summed E-state index contributed by atoms with van der Waals surface area (Å²) >= 11 is 0. The lowest BCUT2D eigenvalue weighted by atomic mass is 9.95. The molecule has 7 heteroatoms. The monoisotopic (exact) mass is 288 g/mol. The zero-order valence-corrected chi connectivity index (χ0v) is 12.2. The summed E-state index contributed by atoms with van der Waals surface area (Å²) in [6.07, 6.45) is -3.50. The molecule has 1 aliphatic rings. The lowest BCUT2D eigenvalue weighted by Crippen LogP contribution is -2.59. The number of carbonyl (C=O) groups excluding carboxylic acids is 3. The molecule has 7 nitrogen and oxygen atoms in total. The molecule has 0 aromatic rings. The van der Waals surface area contributed by atoms with E-state index < -0.39 is 48.4 Å². The number of carbonyl (C=O) groups is 3. The second kappa shape index (κ2) is 6.69. The van der Waals surface area contributed by atoms with Crippen molar-refractivity contribution in [3.8, 4) is 0 Å². The van der Waals surface area contributed by atoms with Crippen LogP contribution in [0.2, 0.25) is 0 Å². The molecule has 0 aromatic carbocycles. The van der Waals surface area contributed by atoms with Gasteiger partial charge in [0.15, 0.2) is 18.3 Å². The molecular weight excluding hydrogens is 268 g/mol. The predicted molar refractivity (Wildman–Crippen MR) is 66.7 cm³/mol. The summed E-state index contributed by atoms with van der Waals surface area (Å²) in [5.41, 5.74) is 0. The smallest absolute Gasteiger partial charge is 0.303 e. The van der Waals surface area contributed by atoms with Crippen molar-refractivity contribution in [3.63, 3.8) is 0 Å². The van der Waals surface area contributed by atoms with Crippen LogP contribution in [0.25, 0.3) is 0 Å². The highest BCUT2D eigenvalue weighted by atomic mass is 16.6. The molecule has 1 aliphatic heterocycles. The van der Waals surface area contributed by atoms with Gasteiger partial charge in [-0.05, 0) is 13.8 Å². The summed E-state index contributed by atoms with van der Waals surface area (Å²) in [6.45, 7) is 7.13. The fourth-order valence-corrected chi connectivity index (χ4v) is 2.25.